The molecular weight excluding hydrogens is 508 g/mol. The second kappa shape index (κ2) is 16.2. The summed E-state index contributed by atoms with van der Waals surface area (Å²) in [5.74, 6) is 1.46. The lowest BCUT2D eigenvalue weighted by Gasteiger charge is -2.24. The monoisotopic (exact) mass is 550 g/mol. The second-order valence-electron chi connectivity index (χ2n) is 9.09. The minimum atomic E-state index is -0.0127. The van der Waals surface area contributed by atoms with E-state index in [4.69, 9.17) is 33.2 Å². The van der Waals surface area contributed by atoms with Crippen molar-refractivity contribution in [3.05, 3.63) is 35.4 Å². The summed E-state index contributed by atoms with van der Waals surface area (Å²) in [6.07, 6.45) is 0. The quantitative estimate of drug-likeness (QED) is 0.506. The van der Waals surface area contributed by atoms with Crippen molar-refractivity contribution in [1.29, 1.82) is 0 Å². The molecule has 11 nitrogen and oxygen atoms in total. The van der Waals surface area contributed by atoms with Crippen molar-refractivity contribution in [2.75, 3.05) is 94.3 Å². The summed E-state index contributed by atoms with van der Waals surface area (Å²) in [6, 6.07) is 7.25. The van der Waals surface area contributed by atoms with E-state index in [-0.39, 0.29) is 11.5 Å². The van der Waals surface area contributed by atoms with Crippen molar-refractivity contribution in [2.45, 2.75) is 13.1 Å². The molecule has 0 radical (unpaired) electrons. The van der Waals surface area contributed by atoms with Gasteiger partial charge in [0, 0.05) is 39.3 Å². The average molecular weight is 551 g/mol. The predicted molar refractivity (Wildman–Crippen MR) is 145 cm³/mol. The molecule has 2 N–H and O–H groups in total. The molecule has 0 saturated carbocycles. The molecule has 218 valence electrons. The van der Waals surface area contributed by atoms with Gasteiger partial charge in [0.2, 0.25) is 11.5 Å². The standard InChI is InChI=1S/C28H42N2O9/c1-33-23-15-21(16-24(34-2)27(23)31)19-29-5-9-37-10-6-30(8-12-39-14-13-38-11-7-29)20-22-17-25(35-3)28(32)26(18-22)36-4/h15-18,31-32H,5-14,19-20H2,1-4H3. The van der Waals surface area contributed by atoms with Gasteiger partial charge in [-0.05, 0) is 35.4 Å². The van der Waals surface area contributed by atoms with Gasteiger partial charge in [-0.1, -0.05) is 0 Å². The predicted octanol–water partition coefficient (Wildman–Crippen LogP) is 2.50. The average Bonchev–Trinajstić information content (AvgIpc) is 2.95. The molecule has 0 bridgehead atoms. The zero-order chi connectivity index (χ0) is 28.0. The number of phenolic OH excluding ortho intramolecular Hbond substituents is 2. The summed E-state index contributed by atoms with van der Waals surface area (Å²) < 4.78 is 38.9. The molecule has 0 aromatic heterocycles. The molecule has 1 saturated heterocycles. The van der Waals surface area contributed by atoms with Crippen LogP contribution in [0.2, 0.25) is 0 Å². The van der Waals surface area contributed by atoms with E-state index < -0.39 is 0 Å². The third-order valence-corrected chi connectivity index (χ3v) is 6.47. The fourth-order valence-electron chi connectivity index (χ4n) is 4.33. The molecule has 1 aliphatic heterocycles. The van der Waals surface area contributed by atoms with E-state index in [2.05, 4.69) is 9.80 Å². The first kappa shape index (κ1) is 30.6. The minimum absolute atomic E-state index is 0.0127. The van der Waals surface area contributed by atoms with Crippen LogP contribution in [0.1, 0.15) is 11.1 Å². The number of ether oxygens (including phenoxy) is 7. The van der Waals surface area contributed by atoms with Crippen LogP contribution in [-0.2, 0) is 27.3 Å². The molecule has 0 unspecified atom stereocenters. The van der Waals surface area contributed by atoms with Gasteiger partial charge in [-0.3, -0.25) is 9.80 Å². The smallest absolute Gasteiger partial charge is 0.200 e. The van der Waals surface area contributed by atoms with Gasteiger partial charge in [-0.15, -0.1) is 0 Å². The van der Waals surface area contributed by atoms with Crippen LogP contribution in [0.4, 0.5) is 0 Å². The normalized spacial score (nSPS) is 17.1. The van der Waals surface area contributed by atoms with E-state index in [9.17, 15) is 10.2 Å². The lowest BCUT2D eigenvalue weighted by molar-refractivity contribution is 0.0310. The molecule has 39 heavy (non-hydrogen) atoms. The van der Waals surface area contributed by atoms with Crippen molar-refractivity contribution in [2.24, 2.45) is 0 Å². The van der Waals surface area contributed by atoms with Crippen molar-refractivity contribution < 1.29 is 43.4 Å². The largest absolute Gasteiger partial charge is 0.502 e. The van der Waals surface area contributed by atoms with Gasteiger partial charge in [-0.2, -0.15) is 0 Å². The molecular formula is C28H42N2O9. The summed E-state index contributed by atoms with van der Waals surface area (Å²) in [6.45, 7) is 7.33. The maximum atomic E-state index is 10.2. The van der Waals surface area contributed by atoms with Crippen LogP contribution in [0.15, 0.2) is 24.3 Å². The summed E-state index contributed by atoms with van der Waals surface area (Å²) in [4.78, 5) is 4.47. The highest BCUT2D eigenvalue weighted by Crippen LogP contribution is 2.38. The summed E-state index contributed by atoms with van der Waals surface area (Å²) >= 11 is 0. The Bertz CT molecular complexity index is 891. The number of phenols is 2. The maximum Gasteiger partial charge on any atom is 0.200 e. The topological polar surface area (TPSA) is 112 Å². The third kappa shape index (κ3) is 9.33. The van der Waals surface area contributed by atoms with E-state index in [1.165, 1.54) is 28.4 Å². The SMILES string of the molecule is COc1cc(CN2CCOCCOCCN(Cc3cc(OC)c(O)c(OC)c3)CCOCC2)cc(OC)c1O. The Kier molecular flexibility index (Phi) is 12.7. The number of benzene rings is 2. The lowest BCUT2D eigenvalue weighted by Crippen LogP contribution is -2.32. The van der Waals surface area contributed by atoms with Gasteiger partial charge < -0.3 is 43.4 Å². The van der Waals surface area contributed by atoms with Gasteiger partial charge in [-0.25, -0.2) is 0 Å². The molecule has 2 aromatic rings. The molecule has 1 heterocycles. The van der Waals surface area contributed by atoms with Crippen molar-refractivity contribution in [1.82, 2.24) is 9.80 Å². The van der Waals surface area contributed by atoms with E-state index in [1.807, 2.05) is 24.3 Å². The second-order valence-corrected chi connectivity index (χ2v) is 9.09. The van der Waals surface area contributed by atoms with Crippen molar-refractivity contribution in [3.8, 4) is 34.5 Å². The van der Waals surface area contributed by atoms with E-state index in [0.29, 0.717) is 102 Å². The zero-order valence-electron chi connectivity index (χ0n) is 23.4. The number of nitrogens with zero attached hydrogens (tertiary/aromatic N) is 2. The molecule has 0 atom stereocenters. The Labute approximate surface area is 230 Å². The number of methoxy groups -OCH3 is 4. The highest BCUT2D eigenvalue weighted by atomic mass is 16.5. The molecule has 1 aliphatic rings. The van der Waals surface area contributed by atoms with Gasteiger partial charge in [0.05, 0.1) is 68.1 Å². The van der Waals surface area contributed by atoms with Crippen LogP contribution in [0.3, 0.4) is 0 Å². The number of hydrogen-bond acceptors (Lipinski definition) is 11. The van der Waals surface area contributed by atoms with Crippen molar-refractivity contribution >= 4 is 0 Å². The third-order valence-electron chi connectivity index (χ3n) is 6.47. The minimum Gasteiger partial charge on any atom is -0.502 e. The number of rotatable bonds is 8. The van der Waals surface area contributed by atoms with Crippen LogP contribution in [0.5, 0.6) is 34.5 Å². The molecule has 1 fully saturated rings. The van der Waals surface area contributed by atoms with Crippen LogP contribution in [0.25, 0.3) is 0 Å². The molecule has 0 spiro atoms. The van der Waals surface area contributed by atoms with E-state index >= 15 is 0 Å². The molecule has 0 amide bonds. The summed E-state index contributed by atoms with van der Waals surface area (Å²) in [5.41, 5.74) is 1.90. The first-order chi connectivity index (χ1) is 19.0. The van der Waals surface area contributed by atoms with E-state index in [1.54, 1.807) is 0 Å². The Morgan fingerprint density at radius 1 is 0.538 bits per heavy atom. The first-order valence-electron chi connectivity index (χ1n) is 13.0. The fourth-order valence-corrected chi connectivity index (χ4v) is 4.33. The van der Waals surface area contributed by atoms with Crippen LogP contribution in [-0.4, -0.2) is 114 Å². The lowest BCUT2D eigenvalue weighted by atomic mass is 10.1. The highest BCUT2D eigenvalue weighted by molar-refractivity contribution is 5.53. The van der Waals surface area contributed by atoms with Gasteiger partial charge in [0.15, 0.2) is 23.0 Å². The molecule has 2 aromatic carbocycles. The maximum absolute atomic E-state index is 10.2. The van der Waals surface area contributed by atoms with Gasteiger partial charge in [0.25, 0.3) is 0 Å². The fraction of sp³-hybridized carbons (Fsp3) is 0.571. The number of aromatic hydroxyl groups is 2. The van der Waals surface area contributed by atoms with Crippen LogP contribution < -0.4 is 18.9 Å². The molecule has 3 rings (SSSR count). The Morgan fingerprint density at radius 3 is 1.10 bits per heavy atom. The summed E-state index contributed by atoms with van der Waals surface area (Å²) in [5, 5.41) is 20.5. The van der Waals surface area contributed by atoms with Crippen LogP contribution >= 0.6 is 0 Å². The Balaban J connectivity index is 1.62. The molecule has 11 heteroatoms. The zero-order valence-corrected chi connectivity index (χ0v) is 23.4. The van der Waals surface area contributed by atoms with E-state index in [0.717, 1.165) is 11.1 Å². The molecule has 0 aliphatic carbocycles. The first-order valence-corrected chi connectivity index (χ1v) is 13.0. The van der Waals surface area contributed by atoms with Gasteiger partial charge in [0.1, 0.15) is 0 Å². The Morgan fingerprint density at radius 2 is 0.821 bits per heavy atom. The van der Waals surface area contributed by atoms with Crippen LogP contribution in [0, 0.1) is 0 Å². The Hall–Kier alpha value is -2.96. The van der Waals surface area contributed by atoms with Crippen molar-refractivity contribution in [3.63, 3.8) is 0 Å². The summed E-state index contributed by atoms with van der Waals surface area (Å²) in [7, 11) is 6.07. The number of hydrogen-bond donors (Lipinski definition) is 2. The highest BCUT2D eigenvalue weighted by Gasteiger charge is 2.16. The van der Waals surface area contributed by atoms with Gasteiger partial charge >= 0.3 is 0 Å².